The molecule has 0 bridgehead atoms. The van der Waals surface area contributed by atoms with Gasteiger partial charge in [-0.3, -0.25) is 4.79 Å². The number of hydrogen-bond donors (Lipinski definition) is 0. The van der Waals surface area contributed by atoms with Crippen molar-refractivity contribution in [2.24, 2.45) is 11.3 Å². The van der Waals surface area contributed by atoms with E-state index in [1.165, 1.54) is 14.2 Å². The normalized spacial score (nSPS) is 18.6. The maximum Gasteiger partial charge on any atom is 0.204 e. The molecule has 0 fully saturated rings. The van der Waals surface area contributed by atoms with E-state index in [0.29, 0.717) is 28.6 Å². The number of Topliss-reactive ketones (excluding diaryl/α,β-unsaturated/α-hetero) is 1. The maximum atomic E-state index is 13.3. The van der Waals surface area contributed by atoms with Crippen LogP contribution in [0, 0.1) is 11.3 Å². The van der Waals surface area contributed by atoms with Crippen LogP contribution >= 0.6 is 0 Å². The molecule has 0 spiro atoms. The van der Waals surface area contributed by atoms with E-state index in [2.05, 4.69) is 0 Å². The second kappa shape index (κ2) is 6.99. The van der Waals surface area contributed by atoms with E-state index < -0.39 is 5.92 Å². The highest BCUT2D eigenvalue weighted by molar-refractivity contribution is 6.03. The molecule has 0 N–H and O–H groups in total. The van der Waals surface area contributed by atoms with Crippen LogP contribution in [-0.2, 0) is 4.74 Å². The quantitative estimate of drug-likeness (QED) is 0.745. The number of benzene rings is 1. The zero-order valence-corrected chi connectivity index (χ0v) is 15.0. The Morgan fingerprint density at radius 2 is 1.62 bits per heavy atom. The molecule has 0 radical (unpaired) electrons. The van der Waals surface area contributed by atoms with Gasteiger partial charge in [0.2, 0.25) is 5.75 Å². The van der Waals surface area contributed by atoms with Crippen LogP contribution in [0.25, 0.3) is 0 Å². The maximum absolute atomic E-state index is 13.3. The molecule has 5 nitrogen and oxygen atoms in total. The third kappa shape index (κ3) is 2.98. The minimum atomic E-state index is -0.445. The lowest BCUT2D eigenvalue weighted by Crippen LogP contribution is -2.33. The van der Waals surface area contributed by atoms with E-state index in [1.54, 1.807) is 26.4 Å². The first kappa shape index (κ1) is 17.9. The molecule has 2 rings (SSSR count). The molecule has 24 heavy (non-hydrogen) atoms. The summed E-state index contributed by atoms with van der Waals surface area (Å²) in [5.74, 6) is 1.37. The number of carbonyl (C=O) groups is 1. The SMILES string of the molecule is COC1=CC=CC(C)(C)C1C(=O)c1ccc(OC)c(OC)c1OC. The molecular weight excluding hydrogens is 308 g/mol. The number of hydrogen-bond acceptors (Lipinski definition) is 5. The Hall–Kier alpha value is -2.43. The van der Waals surface area contributed by atoms with Gasteiger partial charge in [0.05, 0.1) is 39.9 Å². The lowest BCUT2D eigenvalue weighted by atomic mass is 9.71. The van der Waals surface area contributed by atoms with Crippen molar-refractivity contribution in [2.75, 3.05) is 28.4 Å². The van der Waals surface area contributed by atoms with Gasteiger partial charge in [-0.2, -0.15) is 0 Å². The number of methoxy groups -OCH3 is 4. The van der Waals surface area contributed by atoms with Gasteiger partial charge in [0.1, 0.15) is 5.76 Å². The van der Waals surface area contributed by atoms with Crippen molar-refractivity contribution < 1.29 is 23.7 Å². The van der Waals surface area contributed by atoms with Gasteiger partial charge in [0.15, 0.2) is 17.3 Å². The summed E-state index contributed by atoms with van der Waals surface area (Å²) in [6, 6.07) is 3.40. The van der Waals surface area contributed by atoms with Crippen LogP contribution in [0.1, 0.15) is 24.2 Å². The van der Waals surface area contributed by atoms with E-state index in [1.807, 2.05) is 32.1 Å². The second-order valence-corrected chi connectivity index (χ2v) is 6.13. The summed E-state index contributed by atoms with van der Waals surface area (Å²) in [4.78, 5) is 13.3. The molecule has 1 aliphatic rings. The zero-order chi connectivity index (χ0) is 17.9. The number of carbonyl (C=O) groups excluding carboxylic acids is 1. The monoisotopic (exact) mass is 332 g/mol. The van der Waals surface area contributed by atoms with Crippen molar-refractivity contribution in [1.29, 1.82) is 0 Å². The van der Waals surface area contributed by atoms with Crippen molar-refractivity contribution in [3.05, 3.63) is 41.7 Å². The van der Waals surface area contributed by atoms with Crippen molar-refractivity contribution in [2.45, 2.75) is 13.8 Å². The van der Waals surface area contributed by atoms with Gasteiger partial charge < -0.3 is 18.9 Å². The minimum Gasteiger partial charge on any atom is -0.500 e. The smallest absolute Gasteiger partial charge is 0.204 e. The van der Waals surface area contributed by atoms with E-state index >= 15 is 0 Å². The zero-order valence-electron chi connectivity index (χ0n) is 15.0. The molecule has 5 heteroatoms. The Balaban J connectivity index is 2.57. The van der Waals surface area contributed by atoms with Crippen LogP contribution in [0.15, 0.2) is 36.1 Å². The van der Waals surface area contributed by atoms with Crippen molar-refractivity contribution in [1.82, 2.24) is 0 Å². The topological polar surface area (TPSA) is 54.0 Å². The van der Waals surface area contributed by atoms with Crippen LogP contribution in [0.3, 0.4) is 0 Å². The summed E-state index contributed by atoms with van der Waals surface area (Å²) in [6.07, 6.45) is 5.74. The third-order valence-corrected chi connectivity index (χ3v) is 4.28. The molecule has 1 atom stereocenters. The predicted octanol–water partition coefficient (Wildman–Crippen LogP) is 3.64. The molecule has 0 amide bonds. The second-order valence-electron chi connectivity index (χ2n) is 6.13. The fraction of sp³-hybridized carbons (Fsp3) is 0.421. The lowest BCUT2D eigenvalue weighted by molar-refractivity contribution is 0.0797. The standard InChI is InChI=1S/C19H24O5/c1-19(2)11-7-8-13(21-3)15(19)16(20)12-9-10-14(22-4)18(24-6)17(12)23-5/h7-11,15H,1-6H3. The Kier molecular flexibility index (Phi) is 5.22. The Bertz CT molecular complexity index is 685. The van der Waals surface area contributed by atoms with Crippen LogP contribution in [-0.4, -0.2) is 34.2 Å². The number of ketones is 1. The van der Waals surface area contributed by atoms with E-state index in [0.717, 1.165) is 0 Å². The van der Waals surface area contributed by atoms with Gasteiger partial charge in [-0.1, -0.05) is 26.0 Å². The molecule has 1 unspecified atom stereocenters. The number of rotatable bonds is 6. The van der Waals surface area contributed by atoms with Gasteiger partial charge in [-0.15, -0.1) is 0 Å². The predicted molar refractivity (Wildman–Crippen MR) is 91.9 cm³/mol. The molecular formula is C19H24O5. The first-order valence-electron chi connectivity index (χ1n) is 7.67. The molecule has 0 aliphatic heterocycles. The van der Waals surface area contributed by atoms with Crippen molar-refractivity contribution in [3.63, 3.8) is 0 Å². The highest BCUT2D eigenvalue weighted by atomic mass is 16.5. The molecule has 0 heterocycles. The fourth-order valence-electron chi connectivity index (χ4n) is 3.05. The Morgan fingerprint density at radius 1 is 0.958 bits per heavy atom. The van der Waals surface area contributed by atoms with Gasteiger partial charge in [0.25, 0.3) is 0 Å². The molecule has 1 aromatic carbocycles. The Labute approximate surface area is 142 Å². The Morgan fingerprint density at radius 3 is 2.17 bits per heavy atom. The molecule has 0 saturated carbocycles. The van der Waals surface area contributed by atoms with Crippen LogP contribution in [0.2, 0.25) is 0 Å². The number of ether oxygens (including phenoxy) is 4. The highest BCUT2D eigenvalue weighted by Crippen LogP contribution is 2.45. The fourth-order valence-corrected chi connectivity index (χ4v) is 3.05. The first-order valence-corrected chi connectivity index (χ1v) is 7.67. The van der Waals surface area contributed by atoms with Crippen LogP contribution in [0.5, 0.6) is 17.2 Å². The molecule has 0 aromatic heterocycles. The average Bonchev–Trinajstić information content (AvgIpc) is 2.58. The first-order chi connectivity index (χ1) is 11.4. The summed E-state index contributed by atoms with van der Waals surface area (Å²) in [6.45, 7) is 4.01. The summed E-state index contributed by atoms with van der Waals surface area (Å²) in [5.41, 5.74) is 0.0569. The van der Waals surface area contributed by atoms with Crippen LogP contribution in [0.4, 0.5) is 0 Å². The van der Waals surface area contributed by atoms with Crippen molar-refractivity contribution in [3.8, 4) is 17.2 Å². The molecule has 0 saturated heterocycles. The highest BCUT2D eigenvalue weighted by Gasteiger charge is 2.40. The molecule has 1 aromatic rings. The lowest BCUT2D eigenvalue weighted by Gasteiger charge is -2.34. The molecule has 1 aliphatic carbocycles. The van der Waals surface area contributed by atoms with E-state index in [9.17, 15) is 4.79 Å². The van der Waals surface area contributed by atoms with Gasteiger partial charge in [0, 0.05) is 5.41 Å². The van der Waals surface area contributed by atoms with Gasteiger partial charge in [-0.25, -0.2) is 0 Å². The minimum absolute atomic E-state index is 0.0877. The van der Waals surface area contributed by atoms with E-state index in [4.69, 9.17) is 18.9 Å². The average molecular weight is 332 g/mol. The summed E-state index contributed by atoms with van der Waals surface area (Å²) >= 11 is 0. The molecule has 130 valence electrons. The summed E-state index contributed by atoms with van der Waals surface area (Å²) < 4.78 is 21.6. The largest absolute Gasteiger partial charge is 0.500 e. The van der Waals surface area contributed by atoms with Gasteiger partial charge in [-0.05, 0) is 18.2 Å². The van der Waals surface area contributed by atoms with Gasteiger partial charge >= 0.3 is 0 Å². The third-order valence-electron chi connectivity index (χ3n) is 4.28. The van der Waals surface area contributed by atoms with E-state index in [-0.39, 0.29) is 11.2 Å². The summed E-state index contributed by atoms with van der Waals surface area (Å²) in [5, 5.41) is 0. The number of allylic oxidation sites excluding steroid dienone is 4. The summed E-state index contributed by atoms with van der Waals surface area (Å²) in [7, 11) is 6.14. The van der Waals surface area contributed by atoms with Crippen LogP contribution < -0.4 is 14.2 Å². The van der Waals surface area contributed by atoms with Crippen molar-refractivity contribution >= 4 is 5.78 Å².